The molecule has 0 aliphatic heterocycles. The van der Waals surface area contributed by atoms with Crippen molar-refractivity contribution in [3.63, 3.8) is 0 Å². The van der Waals surface area contributed by atoms with Gasteiger partial charge in [-0.05, 0) is 39.9 Å². The predicted octanol–water partition coefficient (Wildman–Crippen LogP) is 4.94. The van der Waals surface area contributed by atoms with Crippen LogP contribution in [0.25, 0.3) is 56.9 Å². The van der Waals surface area contributed by atoms with Crippen LogP contribution < -0.4 is 5.22 Å². The lowest BCUT2D eigenvalue weighted by atomic mass is 9.94. The lowest BCUT2D eigenvalue weighted by Crippen LogP contribution is -2.11. The number of hydrogen-bond acceptors (Lipinski definition) is 1. The molecule has 0 unspecified atom stereocenters. The van der Waals surface area contributed by atoms with Gasteiger partial charge in [0.05, 0.1) is 11.0 Å². The first kappa shape index (κ1) is 11.6. The van der Waals surface area contributed by atoms with Gasteiger partial charge in [0.25, 0.3) is 0 Å². The molecule has 3 aromatic carbocycles. The second kappa shape index (κ2) is 3.88. The van der Waals surface area contributed by atoms with Gasteiger partial charge in [0.1, 0.15) is 0 Å². The first-order chi connectivity index (χ1) is 11.4. The van der Waals surface area contributed by atoms with E-state index >= 15 is 0 Å². The molecule has 0 bridgehead atoms. The van der Waals surface area contributed by atoms with Gasteiger partial charge in [-0.15, -0.1) is 0 Å². The Morgan fingerprint density at radius 2 is 1.48 bits per heavy atom. The summed E-state index contributed by atoms with van der Waals surface area (Å²) in [6.07, 6.45) is 12.1. The summed E-state index contributed by atoms with van der Waals surface area (Å²) in [4.78, 5) is 5.06. The Balaban J connectivity index is 1.95. The maximum Gasteiger partial charge on any atom is 0.0790 e. The number of rotatable bonds is 0. The molecule has 2 aliphatic rings. The molecule has 0 saturated carbocycles. The molecule has 0 saturated heterocycles. The van der Waals surface area contributed by atoms with Crippen LogP contribution >= 0.6 is 0 Å². The van der Waals surface area contributed by atoms with Crippen LogP contribution in [0.4, 0.5) is 0 Å². The van der Waals surface area contributed by atoms with Gasteiger partial charge in [0.15, 0.2) is 0 Å². The van der Waals surface area contributed by atoms with Gasteiger partial charge in [-0.25, -0.2) is 4.98 Å². The van der Waals surface area contributed by atoms with Gasteiger partial charge in [-0.3, -0.25) is 0 Å². The van der Waals surface area contributed by atoms with E-state index in [-0.39, 0.29) is 0 Å². The average Bonchev–Trinajstić information content (AvgIpc) is 3.04. The zero-order valence-corrected chi connectivity index (χ0v) is 12.5. The van der Waals surface area contributed by atoms with Crippen LogP contribution in [0.3, 0.4) is 0 Å². The van der Waals surface area contributed by atoms with E-state index in [4.69, 9.17) is 4.98 Å². The first-order valence-corrected chi connectivity index (χ1v) is 8.07. The molecule has 1 heterocycles. The van der Waals surface area contributed by atoms with Crippen LogP contribution in [0, 0.1) is 0 Å². The Bertz CT molecular complexity index is 1260. The number of fused-ring (bicyclic) bond motifs is 4. The van der Waals surface area contributed by atoms with Crippen molar-refractivity contribution in [1.29, 1.82) is 0 Å². The Labute approximate surface area is 133 Å². The van der Waals surface area contributed by atoms with Crippen LogP contribution in [-0.4, -0.2) is 4.98 Å². The minimum Gasteiger partial charge on any atom is -0.247 e. The molecule has 6 rings (SSSR count). The molecule has 2 aliphatic carbocycles. The second-order valence-corrected chi connectivity index (χ2v) is 6.38. The molecular formula is C22H13N. The average molecular weight is 291 g/mol. The van der Waals surface area contributed by atoms with Gasteiger partial charge in [-0.2, -0.15) is 0 Å². The summed E-state index contributed by atoms with van der Waals surface area (Å²) >= 11 is 0. The van der Waals surface area contributed by atoms with E-state index < -0.39 is 0 Å². The lowest BCUT2D eigenvalue weighted by Gasteiger charge is -2.13. The van der Waals surface area contributed by atoms with E-state index in [2.05, 4.69) is 66.8 Å². The summed E-state index contributed by atoms with van der Waals surface area (Å²) < 4.78 is 0. The SMILES string of the molecule is C1=Cc2ccc3c(nc4ccc5c6c(ccc3c46)C=C5)c2=CC1. The van der Waals surface area contributed by atoms with Crippen molar-refractivity contribution in [2.75, 3.05) is 0 Å². The molecule has 0 N–H and O–H groups in total. The largest absolute Gasteiger partial charge is 0.247 e. The van der Waals surface area contributed by atoms with E-state index in [1.807, 2.05) is 0 Å². The molecular weight excluding hydrogens is 278 g/mol. The zero-order valence-electron chi connectivity index (χ0n) is 12.5. The maximum absolute atomic E-state index is 5.06. The summed E-state index contributed by atoms with van der Waals surface area (Å²) in [6, 6.07) is 13.3. The molecule has 0 spiro atoms. The van der Waals surface area contributed by atoms with E-state index in [1.165, 1.54) is 43.5 Å². The maximum atomic E-state index is 5.06. The van der Waals surface area contributed by atoms with E-state index in [1.54, 1.807) is 0 Å². The van der Waals surface area contributed by atoms with Gasteiger partial charge >= 0.3 is 0 Å². The van der Waals surface area contributed by atoms with Crippen LogP contribution in [0.15, 0.2) is 42.5 Å². The molecule has 1 nitrogen and oxygen atoms in total. The topological polar surface area (TPSA) is 12.9 Å². The van der Waals surface area contributed by atoms with Crippen molar-refractivity contribution in [2.45, 2.75) is 6.42 Å². The van der Waals surface area contributed by atoms with Gasteiger partial charge in [0.2, 0.25) is 0 Å². The van der Waals surface area contributed by atoms with Crippen LogP contribution in [0.1, 0.15) is 23.1 Å². The molecule has 106 valence electrons. The quantitative estimate of drug-likeness (QED) is 0.291. The lowest BCUT2D eigenvalue weighted by molar-refractivity contribution is 1.40. The predicted molar refractivity (Wildman–Crippen MR) is 99.0 cm³/mol. The van der Waals surface area contributed by atoms with E-state index in [0.717, 1.165) is 17.5 Å². The molecule has 0 amide bonds. The monoisotopic (exact) mass is 291 g/mol. The third kappa shape index (κ3) is 1.35. The highest BCUT2D eigenvalue weighted by Gasteiger charge is 2.16. The molecule has 0 fully saturated rings. The minimum atomic E-state index is 0.989. The van der Waals surface area contributed by atoms with Gasteiger partial charge in [0, 0.05) is 16.0 Å². The Morgan fingerprint density at radius 1 is 0.696 bits per heavy atom. The Kier molecular flexibility index (Phi) is 1.96. The Morgan fingerprint density at radius 3 is 2.39 bits per heavy atom. The first-order valence-electron chi connectivity index (χ1n) is 8.07. The van der Waals surface area contributed by atoms with Crippen molar-refractivity contribution in [2.24, 2.45) is 0 Å². The smallest absolute Gasteiger partial charge is 0.0790 e. The summed E-state index contributed by atoms with van der Waals surface area (Å²) in [5.74, 6) is 0. The fourth-order valence-electron chi connectivity index (χ4n) is 4.13. The highest BCUT2D eigenvalue weighted by atomic mass is 14.7. The summed E-state index contributed by atoms with van der Waals surface area (Å²) in [6.45, 7) is 0. The fraction of sp³-hybridized carbons (Fsp3) is 0.0455. The van der Waals surface area contributed by atoms with Crippen molar-refractivity contribution < 1.29 is 0 Å². The normalized spacial score (nSPS) is 14.8. The van der Waals surface area contributed by atoms with Crippen LogP contribution in [0.5, 0.6) is 0 Å². The highest BCUT2D eigenvalue weighted by Crippen LogP contribution is 2.38. The number of nitrogens with zero attached hydrogens (tertiary/aromatic N) is 1. The third-order valence-corrected chi connectivity index (χ3v) is 5.17. The van der Waals surface area contributed by atoms with Gasteiger partial charge in [-0.1, -0.05) is 60.7 Å². The molecule has 4 aromatic rings. The number of hydrogen-bond donors (Lipinski definition) is 0. The van der Waals surface area contributed by atoms with Crippen LogP contribution in [0.2, 0.25) is 0 Å². The van der Waals surface area contributed by atoms with Crippen molar-refractivity contribution >= 4 is 56.9 Å². The second-order valence-electron chi connectivity index (χ2n) is 6.38. The van der Waals surface area contributed by atoms with Gasteiger partial charge < -0.3 is 0 Å². The molecule has 0 radical (unpaired) electrons. The number of pyridine rings is 1. The van der Waals surface area contributed by atoms with Crippen molar-refractivity contribution in [3.8, 4) is 0 Å². The molecule has 1 heteroatoms. The summed E-state index contributed by atoms with van der Waals surface area (Å²) in [5, 5.41) is 6.53. The van der Waals surface area contributed by atoms with E-state index in [9.17, 15) is 0 Å². The highest BCUT2D eigenvalue weighted by molar-refractivity contribution is 6.24. The Hall–Kier alpha value is -2.93. The molecule has 23 heavy (non-hydrogen) atoms. The van der Waals surface area contributed by atoms with Crippen molar-refractivity contribution in [3.05, 3.63) is 64.4 Å². The number of aromatic nitrogens is 1. The standard InChI is InChI=1S/C22H13N/c1-2-4-16-13(3-1)7-11-18-17-10-8-14-5-6-15-9-12-19(23-22(16)18)21(17)20(14)15/h1,3-12H,2H2. The summed E-state index contributed by atoms with van der Waals surface area (Å²) in [7, 11) is 0. The van der Waals surface area contributed by atoms with Crippen LogP contribution in [-0.2, 0) is 0 Å². The molecule has 1 aromatic heterocycles. The zero-order chi connectivity index (χ0) is 15.0. The summed E-state index contributed by atoms with van der Waals surface area (Å²) in [5.41, 5.74) is 6.14. The van der Waals surface area contributed by atoms with E-state index in [0.29, 0.717) is 0 Å². The fourth-order valence-corrected chi connectivity index (χ4v) is 4.13. The third-order valence-electron chi connectivity index (χ3n) is 5.17. The minimum absolute atomic E-state index is 0.989. The molecule has 0 atom stereocenters. The number of benzene rings is 3. The van der Waals surface area contributed by atoms with Crippen molar-refractivity contribution in [1.82, 2.24) is 4.98 Å². The number of allylic oxidation sites excluding steroid dienone is 1.